The predicted molar refractivity (Wildman–Crippen MR) is 77.0 cm³/mol. The molecule has 1 aromatic carbocycles. The van der Waals surface area contributed by atoms with Gasteiger partial charge in [0, 0.05) is 11.9 Å². The highest BCUT2D eigenvalue weighted by Crippen LogP contribution is 2.15. The van der Waals surface area contributed by atoms with E-state index in [0.717, 1.165) is 10.6 Å². The van der Waals surface area contributed by atoms with Crippen LogP contribution in [0.1, 0.15) is 39.6 Å². The van der Waals surface area contributed by atoms with Crippen LogP contribution in [0.25, 0.3) is 0 Å². The monoisotopic (exact) mass is 286 g/mol. The normalized spacial score (nSPS) is 11.7. The molecule has 2 aromatic rings. The lowest BCUT2D eigenvalue weighted by Crippen LogP contribution is -2.27. The molecule has 0 fully saturated rings. The van der Waals surface area contributed by atoms with E-state index in [4.69, 9.17) is 11.0 Å². The van der Waals surface area contributed by atoms with Crippen molar-refractivity contribution in [2.45, 2.75) is 19.5 Å². The maximum Gasteiger partial charge on any atom is 0.271 e. The Balaban J connectivity index is 2.04. The number of amides is 1. The molecule has 1 amide bonds. The highest BCUT2D eigenvalue weighted by Gasteiger charge is 2.14. The molecule has 5 nitrogen and oxygen atoms in total. The predicted octanol–water partition coefficient (Wildman–Crippen LogP) is 1.96. The summed E-state index contributed by atoms with van der Waals surface area (Å²) in [5.74, 6) is -0.224. The van der Waals surface area contributed by atoms with Crippen LogP contribution in [0.5, 0.6) is 0 Å². The van der Waals surface area contributed by atoms with Crippen LogP contribution < -0.4 is 11.1 Å². The Morgan fingerprint density at radius 2 is 2.20 bits per heavy atom. The van der Waals surface area contributed by atoms with E-state index in [0.29, 0.717) is 17.8 Å². The Morgan fingerprint density at radius 1 is 1.50 bits per heavy atom. The molecule has 2 rings (SSSR count). The van der Waals surface area contributed by atoms with E-state index in [1.807, 2.05) is 19.1 Å². The SMILES string of the molecule is CC(NC(=O)c1csc(CN)n1)c1ccc(C#N)cc1. The molecule has 0 spiro atoms. The fourth-order valence-electron chi connectivity index (χ4n) is 1.71. The van der Waals surface area contributed by atoms with Gasteiger partial charge in [-0.1, -0.05) is 12.1 Å². The molecule has 102 valence electrons. The summed E-state index contributed by atoms with van der Waals surface area (Å²) in [5.41, 5.74) is 7.39. The van der Waals surface area contributed by atoms with Crippen molar-refractivity contribution < 1.29 is 4.79 Å². The molecule has 0 bridgehead atoms. The van der Waals surface area contributed by atoms with Crippen LogP contribution in [0.4, 0.5) is 0 Å². The average Bonchev–Trinajstić information content (AvgIpc) is 2.96. The summed E-state index contributed by atoms with van der Waals surface area (Å²) in [7, 11) is 0. The van der Waals surface area contributed by atoms with Gasteiger partial charge in [-0.3, -0.25) is 4.79 Å². The zero-order chi connectivity index (χ0) is 14.5. The largest absolute Gasteiger partial charge is 0.344 e. The number of hydrogen-bond acceptors (Lipinski definition) is 5. The van der Waals surface area contributed by atoms with E-state index in [2.05, 4.69) is 16.4 Å². The third-order valence-electron chi connectivity index (χ3n) is 2.85. The molecule has 20 heavy (non-hydrogen) atoms. The van der Waals surface area contributed by atoms with Crippen LogP contribution in [-0.4, -0.2) is 10.9 Å². The Kier molecular flexibility index (Phi) is 4.45. The Labute approximate surface area is 121 Å². The summed E-state index contributed by atoms with van der Waals surface area (Å²) in [4.78, 5) is 16.2. The summed E-state index contributed by atoms with van der Waals surface area (Å²) >= 11 is 1.37. The smallest absolute Gasteiger partial charge is 0.271 e. The number of hydrogen-bond donors (Lipinski definition) is 2. The number of aromatic nitrogens is 1. The molecule has 1 heterocycles. The van der Waals surface area contributed by atoms with Crippen LogP contribution in [0.2, 0.25) is 0 Å². The molecule has 0 radical (unpaired) electrons. The maximum absolute atomic E-state index is 12.0. The van der Waals surface area contributed by atoms with Crippen molar-refractivity contribution in [1.82, 2.24) is 10.3 Å². The number of nitriles is 1. The lowest BCUT2D eigenvalue weighted by atomic mass is 10.1. The number of rotatable bonds is 4. The number of nitrogens with zero attached hydrogens (tertiary/aromatic N) is 2. The van der Waals surface area contributed by atoms with Crippen LogP contribution in [0.15, 0.2) is 29.6 Å². The number of carbonyl (C=O) groups is 1. The van der Waals surface area contributed by atoms with E-state index in [9.17, 15) is 4.79 Å². The van der Waals surface area contributed by atoms with Crippen LogP contribution in [-0.2, 0) is 6.54 Å². The zero-order valence-corrected chi connectivity index (χ0v) is 11.8. The summed E-state index contributed by atoms with van der Waals surface area (Å²) in [6, 6.07) is 9.02. The zero-order valence-electron chi connectivity index (χ0n) is 11.0. The third kappa shape index (κ3) is 3.20. The van der Waals surface area contributed by atoms with Crippen molar-refractivity contribution in [3.63, 3.8) is 0 Å². The van der Waals surface area contributed by atoms with Crippen LogP contribution in [0.3, 0.4) is 0 Å². The van der Waals surface area contributed by atoms with Gasteiger partial charge in [-0.15, -0.1) is 11.3 Å². The average molecular weight is 286 g/mol. The summed E-state index contributed by atoms with van der Waals surface area (Å²) < 4.78 is 0. The second kappa shape index (κ2) is 6.28. The first-order chi connectivity index (χ1) is 9.63. The maximum atomic E-state index is 12.0. The molecule has 0 saturated carbocycles. The quantitative estimate of drug-likeness (QED) is 0.898. The molecule has 1 aromatic heterocycles. The fourth-order valence-corrected chi connectivity index (χ4v) is 2.36. The van der Waals surface area contributed by atoms with Gasteiger partial charge < -0.3 is 11.1 Å². The van der Waals surface area contributed by atoms with Gasteiger partial charge in [-0.25, -0.2) is 4.98 Å². The van der Waals surface area contributed by atoms with Crippen LogP contribution >= 0.6 is 11.3 Å². The highest BCUT2D eigenvalue weighted by atomic mass is 32.1. The molecule has 6 heteroatoms. The van der Waals surface area contributed by atoms with Gasteiger partial charge in [0.2, 0.25) is 0 Å². The van der Waals surface area contributed by atoms with Crippen molar-refractivity contribution in [3.8, 4) is 6.07 Å². The minimum atomic E-state index is -0.224. The van der Waals surface area contributed by atoms with E-state index in [-0.39, 0.29) is 11.9 Å². The lowest BCUT2D eigenvalue weighted by Gasteiger charge is -2.13. The molecule has 0 aliphatic heterocycles. The summed E-state index contributed by atoms with van der Waals surface area (Å²) in [6.07, 6.45) is 0. The topological polar surface area (TPSA) is 91.8 Å². The molecule has 3 N–H and O–H groups in total. The van der Waals surface area contributed by atoms with Gasteiger partial charge in [0.05, 0.1) is 17.7 Å². The minimum Gasteiger partial charge on any atom is -0.344 e. The number of benzene rings is 1. The second-order valence-corrected chi connectivity index (χ2v) is 5.20. The molecular formula is C14H14N4OS. The van der Waals surface area contributed by atoms with Crippen molar-refractivity contribution >= 4 is 17.2 Å². The van der Waals surface area contributed by atoms with Crippen molar-refractivity contribution in [2.24, 2.45) is 5.73 Å². The summed E-state index contributed by atoms with van der Waals surface area (Å²) in [5, 5.41) is 14.1. The molecular weight excluding hydrogens is 272 g/mol. The van der Waals surface area contributed by atoms with Gasteiger partial charge in [0.15, 0.2) is 0 Å². The van der Waals surface area contributed by atoms with Gasteiger partial charge in [0.25, 0.3) is 5.91 Å². The Hall–Kier alpha value is -2.23. The fraction of sp³-hybridized carbons (Fsp3) is 0.214. The van der Waals surface area contributed by atoms with E-state index < -0.39 is 0 Å². The molecule has 0 aliphatic rings. The van der Waals surface area contributed by atoms with Crippen molar-refractivity contribution in [2.75, 3.05) is 0 Å². The second-order valence-electron chi connectivity index (χ2n) is 4.26. The van der Waals surface area contributed by atoms with Gasteiger partial charge in [-0.2, -0.15) is 5.26 Å². The number of nitrogens with one attached hydrogen (secondary N) is 1. The molecule has 1 atom stereocenters. The first kappa shape index (κ1) is 14.2. The first-order valence-electron chi connectivity index (χ1n) is 6.09. The van der Waals surface area contributed by atoms with Crippen molar-refractivity contribution in [3.05, 3.63) is 51.5 Å². The Morgan fingerprint density at radius 3 is 2.75 bits per heavy atom. The van der Waals surface area contributed by atoms with Crippen LogP contribution in [0, 0.1) is 11.3 Å². The van der Waals surface area contributed by atoms with E-state index >= 15 is 0 Å². The molecule has 0 aliphatic carbocycles. The van der Waals surface area contributed by atoms with Gasteiger partial charge >= 0.3 is 0 Å². The highest BCUT2D eigenvalue weighted by molar-refractivity contribution is 7.09. The van der Waals surface area contributed by atoms with Crippen molar-refractivity contribution in [1.29, 1.82) is 5.26 Å². The number of thiazole rings is 1. The van der Waals surface area contributed by atoms with E-state index in [1.54, 1.807) is 17.5 Å². The number of carbonyl (C=O) groups excluding carboxylic acids is 1. The number of nitrogens with two attached hydrogens (primary N) is 1. The standard InChI is InChI=1S/C14H14N4OS/c1-9(11-4-2-10(6-15)3-5-11)17-14(19)12-8-20-13(7-16)18-12/h2-5,8-9H,7,16H2,1H3,(H,17,19). The molecule has 1 unspecified atom stereocenters. The minimum absolute atomic E-state index is 0.154. The Bertz CT molecular complexity index is 642. The summed E-state index contributed by atoms with van der Waals surface area (Å²) in [6.45, 7) is 2.22. The first-order valence-corrected chi connectivity index (χ1v) is 6.97. The lowest BCUT2D eigenvalue weighted by molar-refractivity contribution is 0.0935. The molecule has 0 saturated heterocycles. The third-order valence-corrected chi connectivity index (χ3v) is 3.72. The van der Waals surface area contributed by atoms with E-state index in [1.165, 1.54) is 11.3 Å². The van der Waals surface area contributed by atoms with Gasteiger partial charge in [-0.05, 0) is 24.6 Å². The van der Waals surface area contributed by atoms with Gasteiger partial charge in [0.1, 0.15) is 10.7 Å².